The Labute approximate surface area is 119 Å². The highest BCUT2D eigenvalue weighted by Gasteiger charge is 2.21. The number of aliphatic hydroxyl groups is 1. The van der Waals surface area contributed by atoms with Crippen LogP contribution in [-0.2, 0) is 0 Å². The van der Waals surface area contributed by atoms with Gasteiger partial charge in [0.1, 0.15) is 0 Å². The first kappa shape index (κ1) is 16.9. The summed E-state index contributed by atoms with van der Waals surface area (Å²) in [5.41, 5.74) is -0.107. The molecule has 1 unspecified atom stereocenters. The van der Waals surface area contributed by atoms with Crippen LogP contribution >= 0.6 is 0 Å². The summed E-state index contributed by atoms with van der Waals surface area (Å²) in [6.07, 6.45) is 4.93. The Bertz CT molecular complexity index is 231. The van der Waals surface area contributed by atoms with Gasteiger partial charge < -0.3 is 20.2 Å². The zero-order valence-corrected chi connectivity index (χ0v) is 13.1. The number of hydrogen-bond donors (Lipinski definition) is 2. The van der Waals surface area contributed by atoms with Crippen LogP contribution in [0.25, 0.3) is 0 Å². The molecule has 0 saturated carbocycles. The van der Waals surface area contributed by atoms with Crippen LogP contribution < -0.4 is 5.32 Å². The second kappa shape index (κ2) is 8.90. The van der Waals surface area contributed by atoms with Gasteiger partial charge in [-0.25, -0.2) is 0 Å². The molecule has 19 heavy (non-hydrogen) atoms. The largest absolute Gasteiger partial charge is 0.394 e. The van der Waals surface area contributed by atoms with Gasteiger partial charge in [-0.3, -0.25) is 0 Å². The minimum absolute atomic E-state index is 0.107. The number of hydrogen-bond acceptors (Lipinski definition) is 4. The lowest BCUT2D eigenvalue weighted by Gasteiger charge is -2.29. The zero-order valence-electron chi connectivity index (χ0n) is 13.1. The van der Waals surface area contributed by atoms with E-state index >= 15 is 0 Å². The van der Waals surface area contributed by atoms with Crippen LogP contribution in [-0.4, -0.2) is 73.4 Å². The Kier molecular flexibility index (Phi) is 7.91. The molecule has 1 rings (SSSR count). The second-order valence-corrected chi connectivity index (χ2v) is 6.20. The zero-order chi connectivity index (χ0) is 14.1. The number of nitrogens with zero attached hydrogens (tertiary/aromatic N) is 2. The number of rotatable bonds is 10. The molecule has 114 valence electrons. The van der Waals surface area contributed by atoms with E-state index in [0.29, 0.717) is 0 Å². The molecule has 0 bridgehead atoms. The molecule has 0 aromatic heterocycles. The van der Waals surface area contributed by atoms with Gasteiger partial charge in [0.15, 0.2) is 0 Å². The van der Waals surface area contributed by atoms with E-state index in [4.69, 9.17) is 0 Å². The van der Waals surface area contributed by atoms with Crippen molar-refractivity contribution in [1.82, 2.24) is 15.1 Å². The maximum atomic E-state index is 9.45. The molecular weight excluding hydrogens is 238 g/mol. The lowest BCUT2D eigenvalue weighted by atomic mass is 9.96. The summed E-state index contributed by atoms with van der Waals surface area (Å²) >= 11 is 0. The van der Waals surface area contributed by atoms with E-state index < -0.39 is 0 Å². The van der Waals surface area contributed by atoms with Crippen molar-refractivity contribution in [2.24, 2.45) is 0 Å². The smallest absolute Gasteiger partial charge is 0.0610 e. The molecule has 0 radical (unpaired) electrons. The lowest BCUT2D eigenvalue weighted by Crippen LogP contribution is -2.46. The second-order valence-electron chi connectivity index (χ2n) is 6.20. The number of likely N-dealkylation sites (tertiary alicyclic amines) is 1. The van der Waals surface area contributed by atoms with Crippen molar-refractivity contribution in [2.45, 2.75) is 45.1 Å². The summed E-state index contributed by atoms with van der Waals surface area (Å²) in [7, 11) is 2.21. The molecule has 0 aromatic rings. The molecule has 1 heterocycles. The summed E-state index contributed by atoms with van der Waals surface area (Å²) in [5.74, 6) is 0. The van der Waals surface area contributed by atoms with Crippen LogP contribution in [0.15, 0.2) is 0 Å². The van der Waals surface area contributed by atoms with E-state index in [2.05, 4.69) is 36.0 Å². The summed E-state index contributed by atoms with van der Waals surface area (Å²) in [4.78, 5) is 4.98. The third-order valence-corrected chi connectivity index (χ3v) is 4.22. The van der Waals surface area contributed by atoms with E-state index in [9.17, 15) is 5.11 Å². The van der Waals surface area contributed by atoms with Gasteiger partial charge in [0.05, 0.1) is 6.61 Å². The summed E-state index contributed by atoms with van der Waals surface area (Å²) in [6, 6.07) is 0. The Morgan fingerprint density at radius 3 is 2.53 bits per heavy atom. The fourth-order valence-corrected chi connectivity index (χ4v) is 2.82. The van der Waals surface area contributed by atoms with E-state index in [0.717, 1.165) is 32.5 Å². The van der Waals surface area contributed by atoms with Gasteiger partial charge in [-0.1, -0.05) is 6.92 Å². The first-order valence-corrected chi connectivity index (χ1v) is 7.86. The first-order chi connectivity index (χ1) is 9.09. The maximum Gasteiger partial charge on any atom is 0.0610 e. The molecule has 2 N–H and O–H groups in total. The molecule has 1 atom stereocenters. The predicted octanol–water partition coefficient (Wildman–Crippen LogP) is 1.15. The standard InChI is InChI=1S/C15H33N3O/c1-4-16-15(2,14-19)8-7-9-17(3)12-13-18-10-5-6-11-18/h16,19H,4-14H2,1-3H3. The highest BCUT2D eigenvalue weighted by molar-refractivity contribution is 4.81. The third kappa shape index (κ3) is 6.70. The van der Waals surface area contributed by atoms with Crippen molar-refractivity contribution in [3.8, 4) is 0 Å². The average molecular weight is 271 g/mol. The van der Waals surface area contributed by atoms with Crippen LogP contribution in [0.1, 0.15) is 39.5 Å². The van der Waals surface area contributed by atoms with Gasteiger partial charge in [-0.05, 0) is 65.8 Å². The van der Waals surface area contributed by atoms with E-state index in [1.807, 2.05) is 0 Å². The van der Waals surface area contributed by atoms with Crippen LogP contribution in [0.4, 0.5) is 0 Å². The molecular formula is C15H33N3O. The van der Waals surface area contributed by atoms with Crippen molar-refractivity contribution in [2.75, 3.05) is 52.9 Å². The molecule has 0 aromatic carbocycles. The van der Waals surface area contributed by atoms with Gasteiger partial charge in [0.2, 0.25) is 0 Å². The molecule has 0 aliphatic carbocycles. The number of nitrogens with one attached hydrogen (secondary N) is 1. The van der Waals surface area contributed by atoms with Gasteiger partial charge in [-0.15, -0.1) is 0 Å². The van der Waals surface area contributed by atoms with Gasteiger partial charge in [0, 0.05) is 18.6 Å². The van der Waals surface area contributed by atoms with Crippen molar-refractivity contribution in [3.63, 3.8) is 0 Å². The molecule has 4 heteroatoms. The summed E-state index contributed by atoms with van der Waals surface area (Å²) in [5, 5.41) is 12.8. The molecule has 0 spiro atoms. The van der Waals surface area contributed by atoms with Gasteiger partial charge in [-0.2, -0.15) is 0 Å². The van der Waals surface area contributed by atoms with Crippen LogP contribution in [0.3, 0.4) is 0 Å². The summed E-state index contributed by atoms with van der Waals surface area (Å²) < 4.78 is 0. The fourth-order valence-electron chi connectivity index (χ4n) is 2.82. The first-order valence-electron chi connectivity index (χ1n) is 7.86. The summed E-state index contributed by atoms with van der Waals surface area (Å²) in [6.45, 7) is 11.4. The molecule has 4 nitrogen and oxygen atoms in total. The molecule has 0 amide bonds. The maximum absolute atomic E-state index is 9.45. The van der Waals surface area contributed by atoms with Crippen LogP contribution in [0.5, 0.6) is 0 Å². The van der Waals surface area contributed by atoms with Crippen molar-refractivity contribution >= 4 is 0 Å². The van der Waals surface area contributed by atoms with Crippen LogP contribution in [0.2, 0.25) is 0 Å². The molecule has 1 saturated heterocycles. The highest BCUT2D eigenvalue weighted by atomic mass is 16.3. The normalized spacial score (nSPS) is 20.1. The highest BCUT2D eigenvalue weighted by Crippen LogP contribution is 2.12. The monoisotopic (exact) mass is 271 g/mol. The lowest BCUT2D eigenvalue weighted by molar-refractivity contribution is 0.159. The SMILES string of the molecule is CCNC(C)(CO)CCCN(C)CCN1CCCC1. The minimum atomic E-state index is -0.107. The van der Waals surface area contributed by atoms with Gasteiger partial charge >= 0.3 is 0 Å². The van der Waals surface area contributed by atoms with Gasteiger partial charge in [0.25, 0.3) is 0 Å². The molecule has 1 aliphatic heterocycles. The van der Waals surface area contributed by atoms with E-state index in [1.54, 1.807) is 0 Å². The van der Waals surface area contributed by atoms with E-state index in [1.165, 1.54) is 32.5 Å². The Morgan fingerprint density at radius 2 is 1.95 bits per heavy atom. The van der Waals surface area contributed by atoms with Crippen molar-refractivity contribution < 1.29 is 5.11 Å². The quantitative estimate of drug-likeness (QED) is 0.625. The predicted molar refractivity (Wildman–Crippen MR) is 81.6 cm³/mol. The topological polar surface area (TPSA) is 38.7 Å². The average Bonchev–Trinajstić information content (AvgIpc) is 2.90. The fraction of sp³-hybridized carbons (Fsp3) is 1.00. The molecule has 1 fully saturated rings. The Hall–Kier alpha value is -0.160. The van der Waals surface area contributed by atoms with Crippen molar-refractivity contribution in [1.29, 1.82) is 0 Å². The Balaban J connectivity index is 2.09. The molecule has 1 aliphatic rings. The third-order valence-electron chi connectivity index (χ3n) is 4.22. The Morgan fingerprint density at radius 1 is 1.26 bits per heavy atom. The van der Waals surface area contributed by atoms with Crippen LogP contribution in [0, 0.1) is 0 Å². The van der Waals surface area contributed by atoms with E-state index in [-0.39, 0.29) is 12.1 Å². The number of aliphatic hydroxyl groups excluding tert-OH is 1. The number of likely N-dealkylation sites (N-methyl/N-ethyl adjacent to an activating group) is 2. The minimum Gasteiger partial charge on any atom is -0.394 e. The van der Waals surface area contributed by atoms with Crippen molar-refractivity contribution in [3.05, 3.63) is 0 Å².